The Morgan fingerprint density at radius 2 is 2.08 bits per heavy atom. The van der Waals surface area contributed by atoms with Gasteiger partial charge >= 0.3 is 0 Å². The van der Waals surface area contributed by atoms with Crippen LogP contribution >= 0.6 is 0 Å². The Kier molecular flexibility index (Phi) is 4.04. The van der Waals surface area contributed by atoms with Gasteiger partial charge in [-0.05, 0) is 24.1 Å². The number of benzene rings is 1. The monoisotopic (exact) mass is 326 g/mol. The second kappa shape index (κ2) is 6.16. The number of fused-ring (bicyclic) bond motifs is 1. The third-order valence-electron chi connectivity index (χ3n) is 4.11. The van der Waals surface area contributed by atoms with Crippen LogP contribution in [0.1, 0.15) is 29.7 Å². The highest BCUT2D eigenvalue weighted by Gasteiger charge is 2.35. The Morgan fingerprint density at radius 1 is 1.33 bits per heavy atom. The van der Waals surface area contributed by atoms with Gasteiger partial charge in [0.05, 0.1) is 20.1 Å². The molecule has 0 radical (unpaired) electrons. The molecule has 7 heteroatoms. The summed E-state index contributed by atoms with van der Waals surface area (Å²) >= 11 is 0. The summed E-state index contributed by atoms with van der Waals surface area (Å²) in [7, 11) is 3.15. The molecule has 0 bridgehead atoms. The summed E-state index contributed by atoms with van der Waals surface area (Å²) in [5, 5.41) is 16.7. The predicted molar refractivity (Wildman–Crippen MR) is 86.8 cm³/mol. The van der Waals surface area contributed by atoms with E-state index in [-0.39, 0.29) is 11.8 Å². The molecule has 0 saturated heterocycles. The second-order valence-electron chi connectivity index (χ2n) is 5.31. The van der Waals surface area contributed by atoms with Crippen LogP contribution < -0.4 is 19.9 Å². The lowest BCUT2D eigenvalue weighted by molar-refractivity contribution is 0.354. The number of nitriles is 1. The van der Waals surface area contributed by atoms with Gasteiger partial charge in [-0.25, -0.2) is 0 Å². The van der Waals surface area contributed by atoms with Gasteiger partial charge in [0.2, 0.25) is 11.8 Å². The molecule has 7 nitrogen and oxygen atoms in total. The van der Waals surface area contributed by atoms with Crippen LogP contribution in [0.15, 0.2) is 29.7 Å². The van der Waals surface area contributed by atoms with Gasteiger partial charge in [0.15, 0.2) is 11.5 Å². The number of nitrogens with two attached hydrogens (primary N) is 1. The molecule has 1 aromatic carbocycles. The van der Waals surface area contributed by atoms with E-state index >= 15 is 0 Å². The SMILES string of the molecule is CCc1[nH]nc2c1C(c1ccc(OC)c(OC)c1)C(C#N)=C(N)O2. The highest BCUT2D eigenvalue weighted by molar-refractivity contribution is 5.57. The van der Waals surface area contributed by atoms with E-state index in [9.17, 15) is 5.26 Å². The van der Waals surface area contributed by atoms with E-state index in [0.717, 1.165) is 23.2 Å². The first-order valence-corrected chi connectivity index (χ1v) is 7.51. The second-order valence-corrected chi connectivity index (χ2v) is 5.31. The van der Waals surface area contributed by atoms with Crippen LogP contribution in [0.2, 0.25) is 0 Å². The average molecular weight is 326 g/mol. The van der Waals surface area contributed by atoms with Crippen molar-refractivity contribution in [2.75, 3.05) is 14.2 Å². The zero-order valence-electron chi connectivity index (χ0n) is 13.7. The molecule has 0 fully saturated rings. The molecular formula is C17H18N4O3. The summed E-state index contributed by atoms with van der Waals surface area (Å²) < 4.78 is 16.2. The fourth-order valence-electron chi connectivity index (χ4n) is 2.94. The van der Waals surface area contributed by atoms with Crippen LogP contribution in [0.25, 0.3) is 0 Å². The van der Waals surface area contributed by atoms with Crippen LogP contribution in [0.5, 0.6) is 17.4 Å². The summed E-state index contributed by atoms with van der Waals surface area (Å²) in [5.74, 6) is 1.31. The van der Waals surface area contributed by atoms with Crippen molar-refractivity contribution in [2.24, 2.45) is 5.73 Å². The Labute approximate surface area is 139 Å². The van der Waals surface area contributed by atoms with Gasteiger partial charge < -0.3 is 19.9 Å². The van der Waals surface area contributed by atoms with E-state index in [4.69, 9.17) is 19.9 Å². The summed E-state index contributed by atoms with van der Waals surface area (Å²) in [4.78, 5) is 0. The number of rotatable bonds is 4. The smallest absolute Gasteiger partial charge is 0.244 e. The quantitative estimate of drug-likeness (QED) is 0.892. The summed E-state index contributed by atoms with van der Waals surface area (Å²) in [5.41, 5.74) is 8.88. The van der Waals surface area contributed by atoms with Crippen molar-refractivity contribution in [3.05, 3.63) is 46.5 Å². The number of aromatic nitrogens is 2. The first-order chi connectivity index (χ1) is 11.6. The summed E-state index contributed by atoms with van der Waals surface area (Å²) in [6, 6.07) is 7.70. The number of hydrogen-bond donors (Lipinski definition) is 2. The third-order valence-corrected chi connectivity index (χ3v) is 4.11. The lowest BCUT2D eigenvalue weighted by Crippen LogP contribution is -2.21. The molecule has 1 atom stereocenters. The fourth-order valence-corrected chi connectivity index (χ4v) is 2.94. The maximum absolute atomic E-state index is 9.59. The summed E-state index contributed by atoms with van der Waals surface area (Å²) in [6.07, 6.45) is 0.730. The molecule has 0 saturated carbocycles. The van der Waals surface area contributed by atoms with Gasteiger partial charge in [0.1, 0.15) is 11.6 Å². The average Bonchev–Trinajstić information content (AvgIpc) is 3.02. The Hall–Kier alpha value is -3.14. The van der Waals surface area contributed by atoms with Crippen LogP contribution in [0, 0.1) is 11.3 Å². The van der Waals surface area contributed by atoms with Gasteiger partial charge in [-0.2, -0.15) is 5.26 Å². The maximum atomic E-state index is 9.59. The van der Waals surface area contributed by atoms with Crippen molar-refractivity contribution < 1.29 is 14.2 Å². The first kappa shape index (κ1) is 15.7. The molecule has 0 spiro atoms. The lowest BCUT2D eigenvalue weighted by atomic mass is 9.83. The number of nitrogens with one attached hydrogen (secondary N) is 1. The molecule has 2 aromatic rings. The number of aryl methyl sites for hydroxylation is 1. The lowest BCUT2D eigenvalue weighted by Gasteiger charge is -2.24. The van der Waals surface area contributed by atoms with Crippen molar-refractivity contribution >= 4 is 0 Å². The molecule has 1 unspecified atom stereocenters. The zero-order valence-corrected chi connectivity index (χ0v) is 13.7. The van der Waals surface area contributed by atoms with Gasteiger partial charge in [-0.3, -0.25) is 5.10 Å². The van der Waals surface area contributed by atoms with E-state index in [0.29, 0.717) is 23.0 Å². The summed E-state index contributed by atoms with van der Waals surface area (Å²) in [6.45, 7) is 2.01. The van der Waals surface area contributed by atoms with Gasteiger partial charge in [-0.15, -0.1) is 5.10 Å². The minimum atomic E-state index is -0.368. The topological polar surface area (TPSA) is 106 Å². The van der Waals surface area contributed by atoms with Gasteiger partial charge in [0.25, 0.3) is 0 Å². The number of hydrogen-bond acceptors (Lipinski definition) is 6. The molecule has 3 rings (SSSR count). The standard InChI is InChI=1S/C17H18N4O3/c1-4-11-15-14(9-5-6-12(22-2)13(7-9)23-3)10(8-18)16(19)24-17(15)21-20-11/h5-7,14H,4,19H2,1-3H3,(H,20,21). The van der Waals surface area contributed by atoms with Gasteiger partial charge in [0, 0.05) is 11.3 Å². The van der Waals surface area contributed by atoms with E-state index in [1.807, 2.05) is 19.1 Å². The number of ether oxygens (including phenoxy) is 3. The highest BCUT2D eigenvalue weighted by atomic mass is 16.5. The highest BCUT2D eigenvalue weighted by Crippen LogP contribution is 2.44. The fraction of sp³-hybridized carbons (Fsp3) is 0.294. The number of aromatic amines is 1. The number of methoxy groups -OCH3 is 2. The van der Waals surface area contributed by atoms with E-state index in [2.05, 4.69) is 16.3 Å². The van der Waals surface area contributed by atoms with Gasteiger partial charge in [-0.1, -0.05) is 13.0 Å². The molecule has 1 aromatic heterocycles. The zero-order chi connectivity index (χ0) is 17.3. The van der Waals surface area contributed by atoms with E-state index in [1.165, 1.54) is 0 Å². The normalized spacial score (nSPS) is 16.2. The molecular weight excluding hydrogens is 308 g/mol. The number of nitrogens with zero attached hydrogens (tertiary/aromatic N) is 2. The Bertz CT molecular complexity index is 848. The van der Waals surface area contributed by atoms with Crippen LogP contribution in [0.3, 0.4) is 0 Å². The van der Waals surface area contributed by atoms with Crippen molar-refractivity contribution in [2.45, 2.75) is 19.3 Å². The van der Waals surface area contributed by atoms with Crippen LogP contribution in [-0.2, 0) is 6.42 Å². The Balaban J connectivity index is 2.21. The van der Waals surface area contributed by atoms with E-state index in [1.54, 1.807) is 20.3 Å². The minimum Gasteiger partial charge on any atom is -0.493 e. The van der Waals surface area contributed by atoms with Crippen molar-refractivity contribution in [1.29, 1.82) is 5.26 Å². The first-order valence-electron chi connectivity index (χ1n) is 7.51. The number of H-pyrrole nitrogens is 1. The van der Waals surface area contributed by atoms with Crippen LogP contribution in [-0.4, -0.2) is 24.4 Å². The van der Waals surface area contributed by atoms with Crippen molar-refractivity contribution in [1.82, 2.24) is 10.2 Å². The molecule has 0 aliphatic carbocycles. The molecule has 2 heterocycles. The van der Waals surface area contributed by atoms with Crippen molar-refractivity contribution in [3.63, 3.8) is 0 Å². The Morgan fingerprint density at radius 3 is 2.71 bits per heavy atom. The minimum absolute atomic E-state index is 0.0685. The third kappa shape index (κ3) is 2.33. The molecule has 1 aliphatic rings. The predicted octanol–water partition coefficient (Wildman–Crippen LogP) is 2.21. The van der Waals surface area contributed by atoms with E-state index < -0.39 is 0 Å². The molecule has 24 heavy (non-hydrogen) atoms. The molecule has 0 amide bonds. The molecule has 3 N–H and O–H groups in total. The molecule has 1 aliphatic heterocycles. The number of allylic oxidation sites excluding steroid dienone is 1. The van der Waals surface area contributed by atoms with Crippen LogP contribution in [0.4, 0.5) is 0 Å². The van der Waals surface area contributed by atoms with Crippen molar-refractivity contribution in [3.8, 4) is 23.4 Å². The largest absolute Gasteiger partial charge is 0.493 e. The maximum Gasteiger partial charge on any atom is 0.244 e. The molecule has 124 valence electrons.